The monoisotopic (exact) mass is 327 g/mol. The number of alkyl halides is 1. The van der Waals surface area contributed by atoms with Crippen molar-refractivity contribution >= 4 is 26.8 Å². The molecule has 0 atom stereocenters. The Morgan fingerprint density at radius 1 is 1.10 bits per heavy atom. The van der Waals surface area contributed by atoms with E-state index in [0.29, 0.717) is 0 Å². The number of rotatable bonds is 3. The topological polar surface area (TPSA) is 22.1 Å². The predicted octanol–water partition coefficient (Wildman–Crippen LogP) is 5.23. The number of aromatic nitrogens is 1. The third-order valence-corrected chi connectivity index (χ3v) is 3.76. The first-order valence-electron chi connectivity index (χ1n) is 6.44. The maximum atomic E-state index is 5.97. The van der Waals surface area contributed by atoms with Gasteiger partial charge in [0.25, 0.3) is 0 Å². The van der Waals surface area contributed by atoms with Crippen LogP contribution in [-0.4, -0.2) is 4.98 Å². The summed E-state index contributed by atoms with van der Waals surface area (Å²) in [6.45, 7) is 2.08. The van der Waals surface area contributed by atoms with Gasteiger partial charge in [0, 0.05) is 16.3 Å². The molecule has 0 fully saturated rings. The molecule has 0 aliphatic rings. The fourth-order valence-corrected chi connectivity index (χ4v) is 2.58. The van der Waals surface area contributed by atoms with Gasteiger partial charge in [0.15, 0.2) is 0 Å². The van der Waals surface area contributed by atoms with Crippen LogP contribution in [0.15, 0.2) is 54.7 Å². The largest absolute Gasteiger partial charge is 0.455 e. The van der Waals surface area contributed by atoms with Crippen molar-refractivity contribution in [3.05, 3.63) is 65.9 Å². The van der Waals surface area contributed by atoms with Crippen LogP contribution in [0, 0.1) is 6.92 Å². The Hall–Kier alpha value is -1.87. The summed E-state index contributed by atoms with van der Waals surface area (Å²) in [6.07, 6.45) is 1.76. The van der Waals surface area contributed by atoms with Crippen LogP contribution in [0.5, 0.6) is 11.5 Å². The lowest BCUT2D eigenvalue weighted by Crippen LogP contribution is -1.91. The van der Waals surface area contributed by atoms with Crippen molar-refractivity contribution in [3.8, 4) is 11.5 Å². The zero-order valence-corrected chi connectivity index (χ0v) is 12.7. The second kappa shape index (κ2) is 5.63. The van der Waals surface area contributed by atoms with Crippen molar-refractivity contribution in [2.24, 2.45) is 0 Å². The molecular weight excluding hydrogens is 314 g/mol. The van der Waals surface area contributed by atoms with E-state index in [4.69, 9.17) is 4.74 Å². The normalized spacial score (nSPS) is 10.7. The number of pyridine rings is 1. The van der Waals surface area contributed by atoms with E-state index in [0.717, 1.165) is 33.3 Å². The highest BCUT2D eigenvalue weighted by Gasteiger charge is 2.05. The highest BCUT2D eigenvalue weighted by molar-refractivity contribution is 9.08. The van der Waals surface area contributed by atoms with E-state index in [1.807, 2.05) is 36.4 Å². The second-order valence-corrected chi connectivity index (χ2v) is 5.27. The molecule has 1 heterocycles. The fraction of sp³-hybridized carbons (Fsp3) is 0.118. The average molecular weight is 328 g/mol. The van der Waals surface area contributed by atoms with Crippen LogP contribution in [0.1, 0.15) is 11.1 Å². The Morgan fingerprint density at radius 2 is 1.95 bits per heavy atom. The van der Waals surface area contributed by atoms with Crippen molar-refractivity contribution in [2.45, 2.75) is 12.3 Å². The molecule has 2 nitrogen and oxygen atoms in total. The van der Waals surface area contributed by atoms with Crippen molar-refractivity contribution in [1.29, 1.82) is 0 Å². The van der Waals surface area contributed by atoms with Crippen molar-refractivity contribution in [1.82, 2.24) is 4.98 Å². The average Bonchev–Trinajstić information content (AvgIpc) is 2.49. The maximum absolute atomic E-state index is 5.97. The molecule has 0 aliphatic heterocycles. The Bertz CT molecular complexity index is 755. The molecule has 0 N–H and O–H groups in total. The lowest BCUT2D eigenvalue weighted by Gasteiger charge is -2.10. The van der Waals surface area contributed by atoms with Gasteiger partial charge in [-0.1, -0.05) is 51.8 Å². The van der Waals surface area contributed by atoms with E-state index < -0.39 is 0 Å². The van der Waals surface area contributed by atoms with Crippen LogP contribution in [0.2, 0.25) is 0 Å². The van der Waals surface area contributed by atoms with Crippen molar-refractivity contribution < 1.29 is 4.74 Å². The van der Waals surface area contributed by atoms with Gasteiger partial charge in [-0.15, -0.1) is 0 Å². The third kappa shape index (κ3) is 2.68. The number of aryl methyl sites for hydroxylation is 1. The first-order chi connectivity index (χ1) is 9.76. The molecule has 0 unspecified atom stereocenters. The Labute approximate surface area is 126 Å². The number of halogens is 1. The molecule has 0 spiro atoms. The van der Waals surface area contributed by atoms with Gasteiger partial charge < -0.3 is 4.74 Å². The Kier molecular flexibility index (Phi) is 3.70. The molecule has 3 rings (SSSR count). The van der Waals surface area contributed by atoms with Gasteiger partial charge in [-0.05, 0) is 25.1 Å². The molecule has 0 amide bonds. The van der Waals surface area contributed by atoms with Gasteiger partial charge in [-0.2, -0.15) is 0 Å². The van der Waals surface area contributed by atoms with Crippen molar-refractivity contribution in [3.63, 3.8) is 0 Å². The lowest BCUT2D eigenvalue weighted by atomic mass is 10.1. The summed E-state index contributed by atoms with van der Waals surface area (Å²) in [4.78, 5) is 4.41. The van der Waals surface area contributed by atoms with E-state index in [1.165, 1.54) is 5.56 Å². The minimum absolute atomic E-state index is 0.759. The van der Waals surface area contributed by atoms with Gasteiger partial charge in [-0.25, -0.2) is 0 Å². The van der Waals surface area contributed by atoms with Gasteiger partial charge >= 0.3 is 0 Å². The number of fused-ring (bicyclic) bond motifs is 1. The van der Waals surface area contributed by atoms with E-state index in [9.17, 15) is 0 Å². The van der Waals surface area contributed by atoms with Crippen LogP contribution in [0.25, 0.3) is 10.9 Å². The third-order valence-electron chi connectivity index (χ3n) is 3.15. The quantitative estimate of drug-likeness (QED) is 0.614. The molecule has 100 valence electrons. The molecule has 3 aromatic rings. The number of ether oxygens (including phenoxy) is 1. The van der Waals surface area contributed by atoms with Crippen LogP contribution in [-0.2, 0) is 5.33 Å². The molecule has 20 heavy (non-hydrogen) atoms. The molecule has 1 aromatic heterocycles. The van der Waals surface area contributed by atoms with Gasteiger partial charge in [0.2, 0.25) is 0 Å². The maximum Gasteiger partial charge on any atom is 0.146 e. The number of para-hydroxylation sites is 1. The molecule has 0 bridgehead atoms. The number of hydrogen-bond donors (Lipinski definition) is 0. The summed E-state index contributed by atoms with van der Waals surface area (Å²) in [5.41, 5.74) is 3.34. The minimum atomic E-state index is 0.759. The molecule has 3 heteroatoms. The Morgan fingerprint density at radius 3 is 2.80 bits per heavy atom. The zero-order valence-electron chi connectivity index (χ0n) is 11.1. The van der Waals surface area contributed by atoms with E-state index >= 15 is 0 Å². The molecule has 0 saturated carbocycles. The molecule has 0 saturated heterocycles. The minimum Gasteiger partial charge on any atom is -0.455 e. The SMILES string of the molecule is Cc1ccc(Oc2cnc3ccccc3c2)c(CBr)c1. The van der Waals surface area contributed by atoms with Gasteiger partial charge in [0.05, 0.1) is 11.7 Å². The predicted molar refractivity (Wildman–Crippen MR) is 85.6 cm³/mol. The summed E-state index contributed by atoms with van der Waals surface area (Å²) in [6, 6.07) is 16.2. The first kappa shape index (κ1) is 13.1. The highest BCUT2D eigenvalue weighted by Crippen LogP contribution is 2.29. The molecule has 0 radical (unpaired) electrons. The molecular formula is C17H14BrNO. The number of benzene rings is 2. The van der Waals surface area contributed by atoms with Gasteiger partial charge in [0.1, 0.15) is 11.5 Å². The number of nitrogens with zero attached hydrogens (tertiary/aromatic N) is 1. The first-order valence-corrected chi connectivity index (χ1v) is 7.56. The lowest BCUT2D eigenvalue weighted by molar-refractivity contribution is 0.477. The van der Waals surface area contributed by atoms with Crippen LogP contribution in [0.3, 0.4) is 0 Å². The summed E-state index contributed by atoms with van der Waals surface area (Å²) < 4.78 is 5.97. The fourth-order valence-electron chi connectivity index (χ4n) is 2.15. The van der Waals surface area contributed by atoms with Crippen molar-refractivity contribution in [2.75, 3.05) is 0 Å². The zero-order chi connectivity index (χ0) is 13.9. The van der Waals surface area contributed by atoms with Crippen LogP contribution in [0.4, 0.5) is 0 Å². The van der Waals surface area contributed by atoms with E-state index in [1.54, 1.807) is 6.20 Å². The number of hydrogen-bond acceptors (Lipinski definition) is 2. The smallest absolute Gasteiger partial charge is 0.146 e. The van der Waals surface area contributed by atoms with Crippen LogP contribution < -0.4 is 4.74 Å². The highest BCUT2D eigenvalue weighted by atomic mass is 79.9. The van der Waals surface area contributed by atoms with Gasteiger partial charge in [-0.3, -0.25) is 4.98 Å². The summed E-state index contributed by atoms with van der Waals surface area (Å²) >= 11 is 3.50. The van der Waals surface area contributed by atoms with E-state index in [-0.39, 0.29) is 0 Å². The van der Waals surface area contributed by atoms with Crippen LogP contribution >= 0.6 is 15.9 Å². The summed E-state index contributed by atoms with van der Waals surface area (Å²) in [5.74, 6) is 1.62. The standard InChI is InChI=1S/C17H14BrNO/c1-12-6-7-17(14(8-12)10-18)20-15-9-13-4-2-3-5-16(13)19-11-15/h2-9,11H,10H2,1H3. The Balaban J connectivity index is 1.96. The second-order valence-electron chi connectivity index (χ2n) is 4.71. The molecule has 2 aromatic carbocycles. The van der Waals surface area contributed by atoms with E-state index in [2.05, 4.69) is 40.0 Å². The molecule has 0 aliphatic carbocycles. The summed E-state index contributed by atoms with van der Waals surface area (Å²) in [7, 11) is 0. The summed E-state index contributed by atoms with van der Waals surface area (Å²) in [5, 5.41) is 1.85.